The van der Waals surface area contributed by atoms with Crippen molar-refractivity contribution in [2.24, 2.45) is 0 Å². The third kappa shape index (κ3) is 3.70. The zero-order chi connectivity index (χ0) is 17.9. The molecule has 4 rings (SSSR count). The van der Waals surface area contributed by atoms with Crippen LogP contribution in [-0.2, 0) is 25.8 Å². The molecule has 0 spiro atoms. The normalized spacial score (nSPS) is 19.1. The number of urea groups is 1. The van der Waals surface area contributed by atoms with Crippen molar-refractivity contribution in [1.29, 1.82) is 0 Å². The quantitative estimate of drug-likeness (QED) is 0.898. The predicted molar refractivity (Wildman–Crippen MR) is 103 cm³/mol. The third-order valence-electron chi connectivity index (χ3n) is 5.09. The first-order valence-electron chi connectivity index (χ1n) is 9.43. The van der Waals surface area contributed by atoms with Crippen LogP contribution >= 0.6 is 11.3 Å². The molecule has 2 aliphatic rings. The molecule has 26 heavy (non-hydrogen) atoms. The monoisotopic (exact) mass is 371 g/mol. The lowest BCUT2D eigenvalue weighted by molar-refractivity contribution is 0.157. The lowest BCUT2D eigenvalue weighted by Gasteiger charge is -2.26. The predicted octanol–water partition coefficient (Wildman–Crippen LogP) is 3.56. The number of hydrogen-bond donors (Lipinski definition) is 1. The second-order valence-electron chi connectivity index (χ2n) is 7.06. The van der Waals surface area contributed by atoms with Crippen LogP contribution in [0.5, 0.6) is 5.75 Å². The van der Waals surface area contributed by atoms with E-state index in [1.807, 2.05) is 47.4 Å². The maximum Gasteiger partial charge on any atom is 0.318 e. The van der Waals surface area contributed by atoms with Gasteiger partial charge in [-0.3, -0.25) is 0 Å². The number of para-hydroxylation sites is 1. The van der Waals surface area contributed by atoms with Gasteiger partial charge >= 0.3 is 6.03 Å². The minimum absolute atomic E-state index is 0.0286. The van der Waals surface area contributed by atoms with E-state index in [0.717, 1.165) is 29.2 Å². The van der Waals surface area contributed by atoms with Crippen LogP contribution in [0.2, 0.25) is 0 Å². The summed E-state index contributed by atoms with van der Waals surface area (Å²) < 4.78 is 5.83. The van der Waals surface area contributed by atoms with Crippen LogP contribution in [0.25, 0.3) is 0 Å². The molecule has 1 N–H and O–H groups in total. The lowest BCUT2D eigenvalue weighted by atomic mass is 10.0. The summed E-state index contributed by atoms with van der Waals surface area (Å²) in [6.07, 6.45) is 5.62. The number of nitrogens with one attached hydrogen (secondary N) is 1. The molecule has 6 heteroatoms. The number of benzene rings is 1. The van der Waals surface area contributed by atoms with Crippen molar-refractivity contribution in [1.82, 2.24) is 15.2 Å². The largest absolute Gasteiger partial charge is 0.491 e. The highest BCUT2D eigenvalue weighted by Gasteiger charge is 2.25. The molecule has 5 nitrogen and oxygen atoms in total. The highest BCUT2D eigenvalue weighted by atomic mass is 32.1. The maximum absolute atomic E-state index is 12.7. The Hall–Kier alpha value is -2.08. The number of aromatic nitrogens is 1. The van der Waals surface area contributed by atoms with Gasteiger partial charge in [0.25, 0.3) is 0 Å². The van der Waals surface area contributed by atoms with Gasteiger partial charge in [0.15, 0.2) is 0 Å². The molecule has 0 bridgehead atoms. The third-order valence-corrected chi connectivity index (χ3v) is 6.31. The highest BCUT2D eigenvalue weighted by Crippen LogP contribution is 2.27. The van der Waals surface area contributed by atoms with Crippen molar-refractivity contribution in [3.05, 3.63) is 45.4 Å². The molecule has 2 aromatic rings. The van der Waals surface area contributed by atoms with Crippen LogP contribution in [0.4, 0.5) is 4.79 Å². The Morgan fingerprint density at radius 3 is 3.08 bits per heavy atom. The van der Waals surface area contributed by atoms with Crippen molar-refractivity contribution in [2.45, 2.75) is 51.6 Å². The summed E-state index contributed by atoms with van der Waals surface area (Å²) in [5.41, 5.74) is 2.34. The molecule has 1 aromatic carbocycles. The molecular formula is C20H25N3O2S. The average molecular weight is 372 g/mol. The fourth-order valence-electron chi connectivity index (χ4n) is 3.58. The van der Waals surface area contributed by atoms with Crippen molar-refractivity contribution in [2.75, 3.05) is 13.2 Å². The number of carbonyl (C=O) groups excluding carboxylic acids is 1. The van der Waals surface area contributed by atoms with Gasteiger partial charge < -0.3 is 15.0 Å². The number of carbonyl (C=O) groups is 1. The molecule has 2 amide bonds. The minimum atomic E-state index is -0.0286. The van der Waals surface area contributed by atoms with Crippen molar-refractivity contribution in [3.8, 4) is 5.75 Å². The maximum atomic E-state index is 12.7. The number of hydrogen-bond acceptors (Lipinski definition) is 4. The molecule has 2 heterocycles. The Morgan fingerprint density at radius 2 is 2.19 bits per heavy atom. The first-order chi connectivity index (χ1) is 12.7. The van der Waals surface area contributed by atoms with E-state index in [1.54, 1.807) is 0 Å². The number of amides is 2. The van der Waals surface area contributed by atoms with Crippen LogP contribution in [-0.4, -0.2) is 35.1 Å². The van der Waals surface area contributed by atoms with Gasteiger partial charge in [-0.05, 0) is 38.7 Å². The van der Waals surface area contributed by atoms with Crippen LogP contribution in [0.15, 0.2) is 24.3 Å². The van der Waals surface area contributed by atoms with Crippen molar-refractivity contribution < 1.29 is 9.53 Å². The Balaban J connectivity index is 1.34. The van der Waals surface area contributed by atoms with Crippen LogP contribution < -0.4 is 10.1 Å². The molecule has 1 aromatic heterocycles. The Bertz CT molecular complexity index is 766. The molecule has 1 aliphatic carbocycles. The Labute approximate surface area is 158 Å². The second-order valence-corrected chi connectivity index (χ2v) is 8.23. The zero-order valence-corrected chi connectivity index (χ0v) is 16.0. The van der Waals surface area contributed by atoms with Crippen molar-refractivity contribution in [3.63, 3.8) is 0 Å². The first-order valence-corrected chi connectivity index (χ1v) is 10.2. The fourth-order valence-corrected chi connectivity index (χ4v) is 4.73. The van der Waals surface area contributed by atoms with Gasteiger partial charge in [-0.25, -0.2) is 9.78 Å². The Kier molecular flexibility index (Phi) is 5.11. The molecule has 0 saturated heterocycles. The second kappa shape index (κ2) is 7.66. The van der Waals surface area contributed by atoms with Crippen LogP contribution in [0, 0.1) is 0 Å². The number of thiazole rings is 1. The van der Waals surface area contributed by atoms with E-state index < -0.39 is 0 Å². The summed E-state index contributed by atoms with van der Waals surface area (Å²) in [5.74, 6) is 0.878. The number of aryl methyl sites for hydroxylation is 2. The summed E-state index contributed by atoms with van der Waals surface area (Å²) in [6, 6.07) is 7.95. The molecular weight excluding hydrogens is 346 g/mol. The smallest absolute Gasteiger partial charge is 0.318 e. The van der Waals surface area contributed by atoms with Gasteiger partial charge in [-0.1, -0.05) is 18.2 Å². The number of fused-ring (bicyclic) bond motifs is 2. The minimum Gasteiger partial charge on any atom is -0.491 e. The van der Waals surface area contributed by atoms with E-state index in [-0.39, 0.29) is 12.1 Å². The average Bonchev–Trinajstić information content (AvgIpc) is 2.99. The summed E-state index contributed by atoms with van der Waals surface area (Å²) in [5, 5.41) is 4.22. The van der Waals surface area contributed by atoms with E-state index in [9.17, 15) is 4.79 Å². The van der Waals surface area contributed by atoms with E-state index >= 15 is 0 Å². The topological polar surface area (TPSA) is 54.5 Å². The highest BCUT2D eigenvalue weighted by molar-refractivity contribution is 7.11. The summed E-state index contributed by atoms with van der Waals surface area (Å²) in [4.78, 5) is 20.8. The number of nitrogens with zero attached hydrogens (tertiary/aromatic N) is 2. The first kappa shape index (κ1) is 17.3. The summed E-state index contributed by atoms with van der Waals surface area (Å²) in [7, 11) is 0. The summed E-state index contributed by atoms with van der Waals surface area (Å²) >= 11 is 1.82. The molecule has 138 valence electrons. The lowest BCUT2D eigenvalue weighted by Crippen LogP contribution is -2.46. The van der Waals surface area contributed by atoms with Crippen LogP contribution in [0.3, 0.4) is 0 Å². The van der Waals surface area contributed by atoms with E-state index in [4.69, 9.17) is 9.72 Å². The number of ether oxygens (including phenoxy) is 1. The van der Waals surface area contributed by atoms with E-state index in [2.05, 4.69) is 5.32 Å². The number of rotatable bonds is 3. The Morgan fingerprint density at radius 1 is 1.35 bits per heavy atom. The molecule has 1 atom stereocenters. The van der Waals surface area contributed by atoms with E-state index in [0.29, 0.717) is 19.7 Å². The SMILES string of the molecule is CC1COc2ccccc2CN1C(=O)NCCc1nc2c(s1)CCCC2. The zero-order valence-electron chi connectivity index (χ0n) is 15.2. The van der Waals surface area contributed by atoms with E-state index in [1.165, 1.54) is 29.8 Å². The summed E-state index contributed by atoms with van der Waals surface area (Å²) in [6.45, 7) is 3.75. The molecule has 1 aliphatic heterocycles. The molecule has 0 saturated carbocycles. The van der Waals surface area contributed by atoms with Gasteiger partial charge in [0.05, 0.1) is 23.3 Å². The molecule has 0 fully saturated rings. The molecule has 1 unspecified atom stereocenters. The van der Waals surface area contributed by atoms with Gasteiger partial charge in [0.2, 0.25) is 0 Å². The van der Waals surface area contributed by atoms with Gasteiger partial charge in [0, 0.05) is 23.4 Å². The van der Waals surface area contributed by atoms with Crippen LogP contribution in [0.1, 0.15) is 40.9 Å². The van der Waals surface area contributed by atoms with Gasteiger partial charge in [-0.15, -0.1) is 11.3 Å². The molecule has 0 radical (unpaired) electrons. The van der Waals surface area contributed by atoms with Gasteiger partial charge in [0.1, 0.15) is 12.4 Å². The fraction of sp³-hybridized carbons (Fsp3) is 0.500. The standard InChI is InChI=1S/C20H25N3O2S/c1-14-13-25-17-8-4-2-6-15(17)12-23(14)20(24)21-11-10-19-22-16-7-3-5-9-18(16)26-19/h2,4,6,8,14H,3,5,7,9-13H2,1H3,(H,21,24). The van der Waals surface area contributed by atoms with Crippen molar-refractivity contribution >= 4 is 17.4 Å². The van der Waals surface area contributed by atoms with Gasteiger partial charge in [-0.2, -0.15) is 0 Å².